The lowest BCUT2D eigenvalue weighted by atomic mass is 10.1. The van der Waals surface area contributed by atoms with E-state index in [2.05, 4.69) is 6.58 Å². The normalized spacial score (nSPS) is 11.5. The average Bonchev–Trinajstić information content (AvgIpc) is 2.45. The molecular formula is C15H18F2N2O4S. The monoisotopic (exact) mass is 360 g/mol. The largest absolute Gasteiger partial charge is 0.296 e. The van der Waals surface area contributed by atoms with E-state index in [0.717, 1.165) is 17.3 Å². The maximum absolute atomic E-state index is 12.7. The van der Waals surface area contributed by atoms with Crippen molar-refractivity contribution >= 4 is 21.8 Å². The van der Waals surface area contributed by atoms with Gasteiger partial charge in [0.25, 0.3) is 6.43 Å². The van der Waals surface area contributed by atoms with Crippen molar-refractivity contribution in [1.82, 2.24) is 9.62 Å². The van der Waals surface area contributed by atoms with Gasteiger partial charge in [-0.3, -0.25) is 14.9 Å². The van der Waals surface area contributed by atoms with Crippen LogP contribution >= 0.6 is 0 Å². The molecule has 1 rings (SSSR count). The summed E-state index contributed by atoms with van der Waals surface area (Å²) in [6, 6.07) is 5.05. The van der Waals surface area contributed by atoms with Gasteiger partial charge in [0.05, 0.1) is 12.3 Å². The zero-order valence-electron chi connectivity index (χ0n) is 13.0. The number of benzene rings is 1. The molecule has 1 aromatic carbocycles. The Balaban J connectivity index is 2.96. The van der Waals surface area contributed by atoms with Crippen LogP contribution in [0.1, 0.15) is 24.5 Å². The van der Waals surface area contributed by atoms with E-state index < -0.39 is 40.6 Å². The first kappa shape index (κ1) is 19.9. The third-order valence-corrected chi connectivity index (χ3v) is 4.68. The number of rotatable bonds is 8. The van der Waals surface area contributed by atoms with E-state index in [9.17, 15) is 26.8 Å². The maximum Gasteiger partial charge on any atom is 0.263 e. The molecule has 0 radical (unpaired) electrons. The number of nitrogens with one attached hydrogen (secondary N) is 1. The number of sulfonamides is 1. The van der Waals surface area contributed by atoms with Crippen LogP contribution in [0.4, 0.5) is 8.78 Å². The van der Waals surface area contributed by atoms with E-state index in [-0.39, 0.29) is 17.7 Å². The minimum atomic E-state index is -3.97. The summed E-state index contributed by atoms with van der Waals surface area (Å²) < 4.78 is 51.1. The lowest BCUT2D eigenvalue weighted by molar-refractivity contribution is -0.129. The summed E-state index contributed by atoms with van der Waals surface area (Å²) in [5.74, 6) is -1.94. The van der Waals surface area contributed by atoms with Gasteiger partial charge in [0, 0.05) is 19.0 Å². The fourth-order valence-electron chi connectivity index (χ4n) is 1.94. The van der Waals surface area contributed by atoms with E-state index in [4.69, 9.17) is 0 Å². The highest BCUT2D eigenvalue weighted by molar-refractivity contribution is 7.88. The highest BCUT2D eigenvalue weighted by Gasteiger charge is 2.24. The summed E-state index contributed by atoms with van der Waals surface area (Å²) in [6.45, 7) is 3.83. The van der Waals surface area contributed by atoms with Gasteiger partial charge < -0.3 is 0 Å². The molecule has 0 heterocycles. The Morgan fingerprint density at radius 1 is 1.38 bits per heavy atom. The van der Waals surface area contributed by atoms with Gasteiger partial charge in [-0.25, -0.2) is 17.2 Å². The zero-order chi connectivity index (χ0) is 18.3. The standard InChI is InChI=1S/C15H18F2N2O4S/c1-3-7-19(9-14(21)18-11(2)20)24(22,23)10-12-5-4-6-13(8-12)15(16)17/h3-6,8,15H,1,7,9-10H2,2H3,(H,18,20,21). The van der Waals surface area contributed by atoms with Crippen molar-refractivity contribution in [1.29, 1.82) is 0 Å². The van der Waals surface area contributed by atoms with Gasteiger partial charge in [-0.1, -0.05) is 24.3 Å². The van der Waals surface area contributed by atoms with Crippen LogP contribution in [0.5, 0.6) is 0 Å². The molecular weight excluding hydrogens is 342 g/mol. The van der Waals surface area contributed by atoms with Crippen molar-refractivity contribution < 1.29 is 26.8 Å². The second kappa shape index (κ2) is 8.65. The van der Waals surface area contributed by atoms with Crippen LogP contribution in [0.25, 0.3) is 0 Å². The summed E-state index contributed by atoms with van der Waals surface area (Å²) in [4.78, 5) is 22.5. The quantitative estimate of drug-likeness (QED) is 0.714. The summed E-state index contributed by atoms with van der Waals surface area (Å²) in [6.07, 6.45) is -1.42. The minimum absolute atomic E-state index is 0.151. The summed E-state index contributed by atoms with van der Waals surface area (Å²) in [7, 11) is -3.97. The van der Waals surface area contributed by atoms with E-state index in [1.54, 1.807) is 0 Å². The molecule has 0 aliphatic heterocycles. The first-order valence-corrected chi connectivity index (χ1v) is 8.52. The summed E-state index contributed by atoms with van der Waals surface area (Å²) in [5.41, 5.74) is -0.110. The minimum Gasteiger partial charge on any atom is -0.296 e. The van der Waals surface area contributed by atoms with Gasteiger partial charge >= 0.3 is 0 Å². The number of alkyl halides is 2. The van der Waals surface area contributed by atoms with Crippen molar-refractivity contribution in [3.63, 3.8) is 0 Å². The van der Waals surface area contributed by atoms with Crippen LogP contribution in [0.15, 0.2) is 36.9 Å². The summed E-state index contributed by atoms with van der Waals surface area (Å²) >= 11 is 0. The average molecular weight is 360 g/mol. The fraction of sp³-hybridized carbons (Fsp3) is 0.333. The fourth-order valence-corrected chi connectivity index (χ4v) is 3.37. The first-order chi connectivity index (χ1) is 11.2. The lowest BCUT2D eigenvalue weighted by Crippen LogP contribution is -2.42. The van der Waals surface area contributed by atoms with Crippen molar-refractivity contribution in [2.75, 3.05) is 13.1 Å². The van der Waals surface area contributed by atoms with Gasteiger partial charge in [0.1, 0.15) is 0 Å². The number of carbonyl (C=O) groups excluding carboxylic acids is 2. The molecule has 0 saturated heterocycles. The predicted octanol–water partition coefficient (Wildman–Crippen LogP) is 1.60. The molecule has 9 heteroatoms. The smallest absolute Gasteiger partial charge is 0.263 e. The van der Waals surface area contributed by atoms with Crippen LogP contribution in [0.2, 0.25) is 0 Å². The van der Waals surface area contributed by atoms with Crippen LogP contribution in [-0.4, -0.2) is 37.6 Å². The van der Waals surface area contributed by atoms with Crippen molar-refractivity contribution in [2.24, 2.45) is 0 Å². The Bertz CT molecular complexity index is 720. The highest BCUT2D eigenvalue weighted by atomic mass is 32.2. The molecule has 0 unspecified atom stereocenters. The first-order valence-electron chi connectivity index (χ1n) is 6.92. The van der Waals surface area contributed by atoms with Gasteiger partial charge in [0.2, 0.25) is 21.8 Å². The number of imide groups is 1. The maximum atomic E-state index is 12.7. The molecule has 0 atom stereocenters. The molecule has 1 aromatic rings. The number of hydrogen-bond acceptors (Lipinski definition) is 4. The molecule has 2 amide bonds. The number of halogens is 2. The van der Waals surface area contributed by atoms with Crippen LogP contribution in [0.3, 0.4) is 0 Å². The third-order valence-electron chi connectivity index (χ3n) is 2.91. The van der Waals surface area contributed by atoms with Crippen molar-refractivity contribution in [3.8, 4) is 0 Å². The summed E-state index contributed by atoms with van der Waals surface area (Å²) in [5, 5.41) is 1.97. The SMILES string of the molecule is C=CCN(CC(=O)NC(C)=O)S(=O)(=O)Cc1cccc(C(F)F)c1. The molecule has 0 spiro atoms. The van der Waals surface area contributed by atoms with Crippen LogP contribution in [-0.2, 0) is 25.4 Å². The van der Waals surface area contributed by atoms with Crippen molar-refractivity contribution in [3.05, 3.63) is 48.0 Å². The Morgan fingerprint density at radius 2 is 2.04 bits per heavy atom. The molecule has 0 aliphatic rings. The lowest BCUT2D eigenvalue weighted by Gasteiger charge is -2.20. The Hall–Kier alpha value is -2.13. The Kier molecular flexibility index (Phi) is 7.18. The molecule has 0 saturated carbocycles. The third kappa shape index (κ3) is 6.17. The Labute approximate surface area is 139 Å². The topological polar surface area (TPSA) is 83.6 Å². The number of nitrogens with zero attached hydrogens (tertiary/aromatic N) is 1. The van der Waals surface area contributed by atoms with Gasteiger partial charge in [-0.05, 0) is 11.6 Å². The van der Waals surface area contributed by atoms with Crippen LogP contribution in [0, 0.1) is 0 Å². The second-order valence-electron chi connectivity index (χ2n) is 4.99. The number of amides is 2. The number of carbonyl (C=O) groups is 2. The van der Waals surface area contributed by atoms with E-state index >= 15 is 0 Å². The molecule has 0 aromatic heterocycles. The van der Waals surface area contributed by atoms with E-state index in [1.807, 2.05) is 5.32 Å². The van der Waals surface area contributed by atoms with Gasteiger partial charge in [-0.2, -0.15) is 4.31 Å². The highest BCUT2D eigenvalue weighted by Crippen LogP contribution is 2.21. The molecule has 0 fully saturated rings. The Morgan fingerprint density at radius 3 is 2.58 bits per heavy atom. The number of hydrogen-bond donors (Lipinski definition) is 1. The van der Waals surface area contributed by atoms with E-state index in [1.165, 1.54) is 24.3 Å². The van der Waals surface area contributed by atoms with Gasteiger partial charge in [-0.15, -0.1) is 6.58 Å². The molecule has 0 bridgehead atoms. The molecule has 1 N–H and O–H groups in total. The molecule has 24 heavy (non-hydrogen) atoms. The van der Waals surface area contributed by atoms with Gasteiger partial charge in [0.15, 0.2) is 0 Å². The predicted molar refractivity (Wildman–Crippen MR) is 84.6 cm³/mol. The van der Waals surface area contributed by atoms with Crippen molar-refractivity contribution in [2.45, 2.75) is 19.1 Å². The second-order valence-corrected chi connectivity index (χ2v) is 6.96. The molecule has 132 valence electrons. The molecule has 0 aliphatic carbocycles. The molecule has 6 nitrogen and oxygen atoms in total. The zero-order valence-corrected chi connectivity index (χ0v) is 13.9. The van der Waals surface area contributed by atoms with E-state index in [0.29, 0.717) is 0 Å². The van der Waals surface area contributed by atoms with Crippen LogP contribution < -0.4 is 5.32 Å².